The van der Waals surface area contributed by atoms with Crippen molar-refractivity contribution in [1.82, 2.24) is 5.32 Å². The fraction of sp³-hybridized carbons (Fsp3) is 0.435. The molecule has 1 heterocycles. The summed E-state index contributed by atoms with van der Waals surface area (Å²) in [6, 6.07) is 13.1. The normalized spacial score (nSPS) is 16.3. The van der Waals surface area contributed by atoms with E-state index < -0.39 is 16.1 Å². The van der Waals surface area contributed by atoms with Crippen LogP contribution in [0.5, 0.6) is 11.5 Å². The van der Waals surface area contributed by atoms with Gasteiger partial charge in [-0.15, -0.1) is 0 Å². The highest BCUT2D eigenvalue weighted by molar-refractivity contribution is 7.92. The number of rotatable bonds is 6. The van der Waals surface area contributed by atoms with E-state index in [1.165, 1.54) is 4.31 Å². The number of amides is 1. The fourth-order valence-electron chi connectivity index (χ4n) is 3.47. The summed E-state index contributed by atoms with van der Waals surface area (Å²) in [4.78, 5) is 12.7. The van der Waals surface area contributed by atoms with Crippen LogP contribution < -0.4 is 19.1 Å². The highest BCUT2D eigenvalue weighted by atomic mass is 32.2. The number of benzene rings is 2. The van der Waals surface area contributed by atoms with Crippen molar-refractivity contribution in [2.75, 3.05) is 30.3 Å². The van der Waals surface area contributed by atoms with Crippen LogP contribution in [0.2, 0.25) is 0 Å². The third-order valence-corrected chi connectivity index (χ3v) is 6.18. The van der Waals surface area contributed by atoms with Crippen molar-refractivity contribution in [3.8, 4) is 11.5 Å². The molecule has 0 aliphatic carbocycles. The monoisotopic (exact) mass is 446 g/mol. The van der Waals surface area contributed by atoms with E-state index in [0.29, 0.717) is 11.4 Å². The first kappa shape index (κ1) is 22.9. The highest BCUT2D eigenvalue weighted by Gasteiger charge is 2.35. The predicted octanol–water partition coefficient (Wildman–Crippen LogP) is 3.01. The van der Waals surface area contributed by atoms with Crippen LogP contribution >= 0.6 is 0 Å². The maximum atomic E-state index is 12.7. The Bertz CT molecular complexity index is 1060. The molecule has 1 amide bonds. The van der Waals surface area contributed by atoms with Crippen molar-refractivity contribution >= 4 is 21.6 Å². The maximum absolute atomic E-state index is 12.7. The van der Waals surface area contributed by atoms with Crippen molar-refractivity contribution in [3.05, 3.63) is 53.6 Å². The van der Waals surface area contributed by atoms with Crippen molar-refractivity contribution in [2.45, 2.75) is 39.2 Å². The van der Waals surface area contributed by atoms with Crippen molar-refractivity contribution < 1.29 is 22.7 Å². The Kier molecular flexibility index (Phi) is 6.50. The van der Waals surface area contributed by atoms with Gasteiger partial charge in [0.05, 0.1) is 25.0 Å². The third-order valence-electron chi connectivity index (χ3n) is 5.03. The molecule has 0 saturated carbocycles. The molecule has 0 spiro atoms. The zero-order chi connectivity index (χ0) is 22.8. The Balaban J connectivity index is 1.62. The lowest BCUT2D eigenvalue weighted by atomic mass is 9.86. The van der Waals surface area contributed by atoms with E-state index in [-0.39, 0.29) is 31.0 Å². The largest absolute Gasteiger partial charge is 0.491 e. The van der Waals surface area contributed by atoms with Gasteiger partial charge in [0.15, 0.2) is 6.10 Å². The van der Waals surface area contributed by atoms with Gasteiger partial charge in [-0.1, -0.05) is 45.0 Å². The fourth-order valence-corrected chi connectivity index (χ4v) is 4.38. The molecular formula is C23H30N2O5S. The molecule has 2 aromatic rings. The van der Waals surface area contributed by atoms with Gasteiger partial charge in [-0.3, -0.25) is 9.10 Å². The summed E-state index contributed by atoms with van der Waals surface area (Å²) >= 11 is 0. The number of anilines is 1. The molecule has 3 rings (SSSR count). The smallest absolute Gasteiger partial charge is 0.263 e. The Morgan fingerprint density at radius 3 is 2.61 bits per heavy atom. The number of ether oxygens (including phenoxy) is 2. The van der Waals surface area contributed by atoms with E-state index in [1.54, 1.807) is 12.1 Å². The lowest BCUT2D eigenvalue weighted by Crippen LogP contribution is -2.51. The van der Waals surface area contributed by atoms with Crippen LogP contribution in [0.15, 0.2) is 42.5 Å². The predicted molar refractivity (Wildman–Crippen MR) is 121 cm³/mol. The van der Waals surface area contributed by atoms with E-state index in [9.17, 15) is 13.2 Å². The number of carbonyl (C=O) groups excluding carboxylic acids is 1. The molecule has 0 radical (unpaired) electrons. The summed E-state index contributed by atoms with van der Waals surface area (Å²) in [5, 5.41) is 2.78. The van der Waals surface area contributed by atoms with Crippen LogP contribution in [0.25, 0.3) is 0 Å². The molecule has 0 unspecified atom stereocenters. The summed E-state index contributed by atoms with van der Waals surface area (Å²) in [6.07, 6.45) is 0.187. The number of nitrogens with zero attached hydrogens (tertiary/aromatic N) is 1. The molecular weight excluding hydrogens is 416 g/mol. The third kappa shape index (κ3) is 5.50. The first-order valence-corrected chi connectivity index (χ1v) is 12.1. The van der Waals surface area contributed by atoms with Gasteiger partial charge in [-0.05, 0) is 41.7 Å². The number of sulfonamides is 1. The zero-order valence-corrected chi connectivity index (χ0v) is 19.5. The van der Waals surface area contributed by atoms with Gasteiger partial charge in [-0.2, -0.15) is 0 Å². The summed E-state index contributed by atoms with van der Waals surface area (Å²) in [5.41, 5.74) is 2.39. The molecule has 1 N–H and O–H groups in total. The van der Waals surface area contributed by atoms with Crippen molar-refractivity contribution in [1.29, 1.82) is 0 Å². The number of carbonyl (C=O) groups is 1. The van der Waals surface area contributed by atoms with Crippen LogP contribution in [0, 0.1) is 6.92 Å². The number of aryl methyl sites for hydroxylation is 1. The molecule has 2 aromatic carbocycles. The SMILES string of the molecule is Cc1ccc2c(c1)N(S(C)(=O)=O)C[C@H](C(=O)NCCOc1ccccc1C(C)(C)C)O2. The molecule has 31 heavy (non-hydrogen) atoms. The van der Waals surface area contributed by atoms with Gasteiger partial charge in [0, 0.05) is 0 Å². The van der Waals surface area contributed by atoms with Crippen LogP contribution in [0.4, 0.5) is 5.69 Å². The van der Waals surface area contributed by atoms with E-state index in [0.717, 1.165) is 23.1 Å². The minimum Gasteiger partial charge on any atom is -0.491 e. The van der Waals surface area contributed by atoms with Gasteiger partial charge in [0.2, 0.25) is 10.0 Å². The average molecular weight is 447 g/mol. The topological polar surface area (TPSA) is 84.9 Å². The Hall–Kier alpha value is -2.74. The van der Waals surface area contributed by atoms with E-state index >= 15 is 0 Å². The van der Waals surface area contributed by atoms with E-state index in [4.69, 9.17) is 9.47 Å². The molecule has 7 nitrogen and oxygen atoms in total. The summed E-state index contributed by atoms with van der Waals surface area (Å²) in [7, 11) is -3.55. The van der Waals surface area contributed by atoms with Crippen LogP contribution in [0.1, 0.15) is 31.9 Å². The van der Waals surface area contributed by atoms with Crippen molar-refractivity contribution in [2.24, 2.45) is 0 Å². The molecule has 1 aliphatic rings. The Morgan fingerprint density at radius 1 is 1.23 bits per heavy atom. The first-order valence-electron chi connectivity index (χ1n) is 10.2. The zero-order valence-electron chi connectivity index (χ0n) is 18.6. The average Bonchev–Trinajstić information content (AvgIpc) is 2.69. The minimum absolute atomic E-state index is 0.0589. The van der Waals surface area contributed by atoms with Crippen LogP contribution in [-0.2, 0) is 20.2 Å². The Labute approximate surface area is 184 Å². The minimum atomic E-state index is -3.55. The number of fused-ring (bicyclic) bond motifs is 1. The number of nitrogens with one attached hydrogen (secondary N) is 1. The molecule has 0 fully saturated rings. The lowest BCUT2D eigenvalue weighted by molar-refractivity contribution is -0.127. The Morgan fingerprint density at radius 2 is 1.94 bits per heavy atom. The molecule has 0 saturated heterocycles. The van der Waals surface area contributed by atoms with Crippen LogP contribution in [0.3, 0.4) is 0 Å². The van der Waals surface area contributed by atoms with E-state index in [1.807, 2.05) is 37.3 Å². The number of hydrogen-bond acceptors (Lipinski definition) is 5. The summed E-state index contributed by atoms with van der Waals surface area (Å²) in [6.45, 7) is 8.71. The van der Waals surface area contributed by atoms with E-state index in [2.05, 4.69) is 26.1 Å². The molecule has 0 bridgehead atoms. The lowest BCUT2D eigenvalue weighted by Gasteiger charge is -2.34. The summed E-state index contributed by atoms with van der Waals surface area (Å²) in [5.74, 6) is 0.774. The maximum Gasteiger partial charge on any atom is 0.263 e. The highest BCUT2D eigenvalue weighted by Crippen LogP contribution is 2.35. The van der Waals surface area contributed by atoms with Crippen molar-refractivity contribution in [3.63, 3.8) is 0 Å². The quantitative estimate of drug-likeness (QED) is 0.690. The van der Waals surface area contributed by atoms with Gasteiger partial charge in [-0.25, -0.2) is 8.42 Å². The van der Waals surface area contributed by atoms with Crippen LogP contribution in [-0.4, -0.2) is 46.4 Å². The standard InChI is InChI=1S/C23H30N2O5S/c1-16-10-11-20-18(14-16)25(31(5,27)28)15-21(30-20)22(26)24-12-13-29-19-9-7-6-8-17(19)23(2,3)4/h6-11,14,21H,12-13,15H2,1-5H3,(H,24,26)/t21-/m1/s1. The first-order chi connectivity index (χ1) is 14.5. The number of para-hydroxylation sites is 1. The summed E-state index contributed by atoms with van der Waals surface area (Å²) < 4.78 is 37.5. The molecule has 1 atom stereocenters. The molecule has 0 aromatic heterocycles. The number of hydrogen-bond donors (Lipinski definition) is 1. The second kappa shape index (κ2) is 8.78. The molecule has 168 valence electrons. The van der Waals surface area contributed by atoms with Gasteiger partial charge in [0.25, 0.3) is 5.91 Å². The van der Waals surface area contributed by atoms with Gasteiger partial charge < -0.3 is 14.8 Å². The second-order valence-corrected chi connectivity index (χ2v) is 10.7. The molecule has 8 heteroatoms. The van der Waals surface area contributed by atoms with Gasteiger partial charge in [0.1, 0.15) is 18.1 Å². The second-order valence-electron chi connectivity index (χ2n) is 8.76. The van der Waals surface area contributed by atoms with Gasteiger partial charge >= 0.3 is 0 Å². The molecule has 1 aliphatic heterocycles.